The van der Waals surface area contributed by atoms with Crippen molar-refractivity contribution in [3.63, 3.8) is 0 Å². The van der Waals surface area contributed by atoms with E-state index in [9.17, 15) is 5.11 Å². The fourth-order valence-electron chi connectivity index (χ4n) is 2.20. The van der Waals surface area contributed by atoms with Crippen molar-refractivity contribution in [2.24, 2.45) is 0 Å². The Kier molecular flexibility index (Phi) is 2.73. The lowest BCUT2D eigenvalue weighted by Crippen LogP contribution is -2.09. The molecule has 0 spiro atoms. The quantitative estimate of drug-likeness (QED) is 0.749. The lowest BCUT2D eigenvalue weighted by atomic mass is 9.92. The van der Waals surface area contributed by atoms with Crippen LogP contribution in [0.2, 0.25) is 0 Å². The van der Waals surface area contributed by atoms with Crippen molar-refractivity contribution in [3.05, 3.63) is 29.3 Å². The molecule has 0 saturated carbocycles. The second kappa shape index (κ2) is 4.01. The number of phenolic OH excluding ortho intramolecular Hbond substituents is 1. The van der Waals surface area contributed by atoms with Crippen molar-refractivity contribution < 1.29 is 5.11 Å². The fraction of sp³-hybridized carbons (Fsp3) is 0.500. The molecule has 2 N–H and O–H groups in total. The Morgan fingerprint density at radius 2 is 2.36 bits per heavy atom. The Balaban J connectivity index is 2.33. The van der Waals surface area contributed by atoms with Crippen molar-refractivity contribution in [3.8, 4) is 5.75 Å². The van der Waals surface area contributed by atoms with E-state index in [1.807, 2.05) is 12.1 Å². The van der Waals surface area contributed by atoms with Crippen LogP contribution in [0.4, 0.5) is 0 Å². The predicted octanol–water partition coefficient (Wildman–Crippen LogP) is 2.03. The van der Waals surface area contributed by atoms with Crippen molar-refractivity contribution in [1.82, 2.24) is 5.32 Å². The first-order valence-electron chi connectivity index (χ1n) is 5.33. The molecule has 1 heterocycles. The molecule has 1 aromatic carbocycles. The van der Waals surface area contributed by atoms with E-state index in [4.69, 9.17) is 0 Å². The van der Waals surface area contributed by atoms with E-state index in [1.54, 1.807) is 6.07 Å². The fourth-order valence-corrected chi connectivity index (χ4v) is 2.20. The second-order valence-electron chi connectivity index (χ2n) is 3.93. The highest BCUT2D eigenvalue weighted by molar-refractivity contribution is 5.38. The van der Waals surface area contributed by atoms with Crippen LogP contribution in [0.5, 0.6) is 5.75 Å². The SMILES string of the molecule is CCc1ccc(O)cc1C1CCNC1. The maximum Gasteiger partial charge on any atom is 0.115 e. The highest BCUT2D eigenvalue weighted by Gasteiger charge is 2.19. The van der Waals surface area contributed by atoms with E-state index in [0.29, 0.717) is 11.7 Å². The lowest BCUT2D eigenvalue weighted by Gasteiger charge is -2.14. The largest absolute Gasteiger partial charge is 0.508 e. The Morgan fingerprint density at radius 1 is 1.50 bits per heavy atom. The van der Waals surface area contributed by atoms with Crippen molar-refractivity contribution in [2.75, 3.05) is 13.1 Å². The number of nitrogens with one attached hydrogen (secondary N) is 1. The summed E-state index contributed by atoms with van der Waals surface area (Å²) in [5.41, 5.74) is 2.70. The van der Waals surface area contributed by atoms with Gasteiger partial charge in [0.15, 0.2) is 0 Å². The average molecular weight is 191 g/mol. The van der Waals surface area contributed by atoms with Crippen molar-refractivity contribution >= 4 is 0 Å². The van der Waals surface area contributed by atoms with Gasteiger partial charge in [0.25, 0.3) is 0 Å². The number of rotatable bonds is 2. The summed E-state index contributed by atoms with van der Waals surface area (Å²) < 4.78 is 0. The Labute approximate surface area is 85.0 Å². The monoisotopic (exact) mass is 191 g/mol. The summed E-state index contributed by atoms with van der Waals surface area (Å²) in [6.07, 6.45) is 2.24. The first-order chi connectivity index (χ1) is 6.81. The van der Waals surface area contributed by atoms with Gasteiger partial charge in [0.2, 0.25) is 0 Å². The van der Waals surface area contributed by atoms with Gasteiger partial charge in [0, 0.05) is 6.54 Å². The zero-order valence-electron chi connectivity index (χ0n) is 8.59. The third-order valence-electron chi connectivity index (χ3n) is 3.01. The molecule has 1 unspecified atom stereocenters. The minimum Gasteiger partial charge on any atom is -0.508 e. The molecular formula is C12H17NO. The van der Waals surface area contributed by atoms with E-state index in [2.05, 4.69) is 12.2 Å². The van der Waals surface area contributed by atoms with E-state index < -0.39 is 0 Å². The molecule has 2 heteroatoms. The van der Waals surface area contributed by atoms with Gasteiger partial charge >= 0.3 is 0 Å². The minimum atomic E-state index is 0.393. The van der Waals surface area contributed by atoms with E-state index in [-0.39, 0.29) is 0 Å². The maximum atomic E-state index is 9.47. The number of benzene rings is 1. The molecule has 0 amide bonds. The van der Waals surface area contributed by atoms with Crippen LogP contribution in [-0.4, -0.2) is 18.2 Å². The summed E-state index contributed by atoms with van der Waals surface area (Å²) in [6.45, 7) is 4.32. The number of hydrogen-bond acceptors (Lipinski definition) is 2. The highest BCUT2D eigenvalue weighted by atomic mass is 16.3. The summed E-state index contributed by atoms with van der Waals surface area (Å²) in [5.74, 6) is 0.987. The van der Waals surface area contributed by atoms with Gasteiger partial charge in [-0.1, -0.05) is 13.0 Å². The third-order valence-corrected chi connectivity index (χ3v) is 3.01. The van der Waals surface area contributed by atoms with Crippen LogP contribution in [0.15, 0.2) is 18.2 Å². The Bertz CT molecular complexity index is 316. The standard InChI is InChI=1S/C12H17NO/c1-2-9-3-4-11(14)7-12(9)10-5-6-13-8-10/h3-4,7,10,13-14H,2,5-6,8H2,1H3. The molecule has 1 saturated heterocycles. The van der Waals surface area contributed by atoms with E-state index in [0.717, 1.165) is 19.5 Å². The number of hydrogen-bond donors (Lipinski definition) is 2. The molecule has 2 nitrogen and oxygen atoms in total. The van der Waals surface area contributed by atoms with Gasteiger partial charge in [0.1, 0.15) is 5.75 Å². The topological polar surface area (TPSA) is 32.3 Å². The normalized spacial score (nSPS) is 21.4. The molecule has 0 aromatic heterocycles. The first kappa shape index (κ1) is 9.53. The molecule has 2 rings (SSSR count). The van der Waals surface area contributed by atoms with Crippen LogP contribution >= 0.6 is 0 Å². The zero-order valence-corrected chi connectivity index (χ0v) is 8.59. The average Bonchev–Trinajstić information content (AvgIpc) is 2.70. The van der Waals surface area contributed by atoms with Crippen LogP contribution in [0, 0.1) is 0 Å². The summed E-state index contributed by atoms with van der Waals surface area (Å²) >= 11 is 0. The van der Waals surface area contributed by atoms with Gasteiger partial charge < -0.3 is 10.4 Å². The predicted molar refractivity (Wildman–Crippen MR) is 57.7 cm³/mol. The van der Waals surface area contributed by atoms with Gasteiger partial charge in [-0.05, 0) is 48.6 Å². The molecule has 1 aliphatic rings. The highest BCUT2D eigenvalue weighted by Crippen LogP contribution is 2.28. The number of phenols is 1. The molecular weight excluding hydrogens is 174 g/mol. The molecule has 1 aromatic rings. The van der Waals surface area contributed by atoms with Crippen LogP contribution in [0.1, 0.15) is 30.4 Å². The maximum absolute atomic E-state index is 9.47. The third kappa shape index (κ3) is 1.75. The van der Waals surface area contributed by atoms with Gasteiger partial charge in [-0.25, -0.2) is 0 Å². The summed E-state index contributed by atoms with van der Waals surface area (Å²) in [4.78, 5) is 0. The second-order valence-corrected chi connectivity index (χ2v) is 3.93. The molecule has 14 heavy (non-hydrogen) atoms. The smallest absolute Gasteiger partial charge is 0.115 e. The molecule has 1 atom stereocenters. The van der Waals surface area contributed by atoms with Crippen LogP contribution in [0.3, 0.4) is 0 Å². The summed E-state index contributed by atoms with van der Waals surface area (Å²) in [7, 11) is 0. The van der Waals surface area contributed by atoms with Gasteiger partial charge in [-0.2, -0.15) is 0 Å². The number of aromatic hydroxyl groups is 1. The van der Waals surface area contributed by atoms with Crippen molar-refractivity contribution in [2.45, 2.75) is 25.7 Å². The molecule has 1 fully saturated rings. The van der Waals surface area contributed by atoms with Gasteiger partial charge in [0.05, 0.1) is 0 Å². The van der Waals surface area contributed by atoms with Gasteiger partial charge in [-0.15, -0.1) is 0 Å². The number of aryl methyl sites for hydroxylation is 1. The molecule has 0 bridgehead atoms. The van der Waals surface area contributed by atoms with E-state index in [1.165, 1.54) is 17.5 Å². The summed E-state index contributed by atoms with van der Waals surface area (Å²) in [6, 6.07) is 5.75. The van der Waals surface area contributed by atoms with Crippen LogP contribution < -0.4 is 5.32 Å². The molecule has 1 aliphatic heterocycles. The Morgan fingerprint density at radius 3 is 3.00 bits per heavy atom. The van der Waals surface area contributed by atoms with Crippen LogP contribution in [0.25, 0.3) is 0 Å². The van der Waals surface area contributed by atoms with Gasteiger partial charge in [-0.3, -0.25) is 0 Å². The molecule has 0 aliphatic carbocycles. The molecule has 76 valence electrons. The lowest BCUT2D eigenvalue weighted by molar-refractivity contribution is 0.473. The first-order valence-corrected chi connectivity index (χ1v) is 5.33. The van der Waals surface area contributed by atoms with Crippen LogP contribution in [-0.2, 0) is 6.42 Å². The summed E-state index contributed by atoms with van der Waals surface area (Å²) in [5, 5.41) is 12.8. The minimum absolute atomic E-state index is 0.393. The Hall–Kier alpha value is -1.02. The zero-order chi connectivity index (χ0) is 9.97. The van der Waals surface area contributed by atoms with Crippen molar-refractivity contribution in [1.29, 1.82) is 0 Å². The van der Waals surface area contributed by atoms with E-state index >= 15 is 0 Å². The molecule has 0 radical (unpaired) electrons.